The van der Waals surface area contributed by atoms with Crippen LogP contribution in [0.5, 0.6) is 0 Å². The normalized spacial score (nSPS) is 12.7. The topological polar surface area (TPSA) is 55.1 Å². The van der Waals surface area contributed by atoms with Crippen molar-refractivity contribution in [2.75, 3.05) is 0 Å². The van der Waals surface area contributed by atoms with Crippen LogP contribution in [0.15, 0.2) is 11.4 Å². The smallest absolute Gasteiger partial charge is 0.218 e. The Labute approximate surface area is 92.3 Å². The zero-order chi connectivity index (χ0) is 10.6. The van der Waals surface area contributed by atoms with Gasteiger partial charge in [0.05, 0.1) is 5.02 Å². The predicted molar refractivity (Wildman–Crippen MR) is 59.4 cm³/mol. The number of hydrogen-bond donors (Lipinski definition) is 2. The van der Waals surface area contributed by atoms with Crippen LogP contribution in [0.1, 0.15) is 18.2 Å². The molecule has 0 saturated carbocycles. The Hall–Kier alpha value is -0.580. The van der Waals surface area contributed by atoms with Crippen LogP contribution in [0.2, 0.25) is 5.02 Å². The average molecular weight is 233 g/mol. The second kappa shape index (κ2) is 5.34. The van der Waals surface area contributed by atoms with Gasteiger partial charge in [-0.1, -0.05) is 11.6 Å². The molecule has 0 aromatic carbocycles. The van der Waals surface area contributed by atoms with Crippen molar-refractivity contribution in [1.29, 1.82) is 0 Å². The van der Waals surface area contributed by atoms with Crippen LogP contribution in [0, 0.1) is 0 Å². The van der Waals surface area contributed by atoms with Crippen LogP contribution in [0.4, 0.5) is 0 Å². The third-order valence-electron chi connectivity index (χ3n) is 1.75. The zero-order valence-electron chi connectivity index (χ0n) is 7.92. The Morgan fingerprint density at radius 2 is 2.50 bits per heavy atom. The van der Waals surface area contributed by atoms with Crippen LogP contribution in [0.25, 0.3) is 0 Å². The van der Waals surface area contributed by atoms with E-state index in [1.807, 2.05) is 18.4 Å². The summed E-state index contributed by atoms with van der Waals surface area (Å²) < 4.78 is 0. The number of carbonyl (C=O) groups is 1. The quantitative estimate of drug-likeness (QED) is 0.813. The van der Waals surface area contributed by atoms with Crippen LogP contribution in [0.3, 0.4) is 0 Å². The number of nitrogens with one attached hydrogen (secondary N) is 1. The van der Waals surface area contributed by atoms with Gasteiger partial charge in [-0.3, -0.25) is 4.79 Å². The van der Waals surface area contributed by atoms with E-state index < -0.39 is 0 Å². The van der Waals surface area contributed by atoms with Crippen molar-refractivity contribution in [3.63, 3.8) is 0 Å². The Kier molecular flexibility index (Phi) is 4.38. The number of amides is 1. The van der Waals surface area contributed by atoms with Crippen LogP contribution in [-0.2, 0) is 11.3 Å². The molecule has 0 aliphatic rings. The molecule has 1 aromatic heterocycles. The highest BCUT2D eigenvalue weighted by atomic mass is 35.5. The van der Waals surface area contributed by atoms with Crippen molar-refractivity contribution < 1.29 is 4.79 Å². The zero-order valence-corrected chi connectivity index (χ0v) is 9.49. The molecule has 1 heterocycles. The van der Waals surface area contributed by atoms with E-state index >= 15 is 0 Å². The van der Waals surface area contributed by atoms with Crippen molar-refractivity contribution in [1.82, 2.24) is 5.32 Å². The molecule has 5 heteroatoms. The largest absolute Gasteiger partial charge is 0.370 e. The molecule has 0 radical (unpaired) electrons. The van der Waals surface area contributed by atoms with Crippen LogP contribution < -0.4 is 11.1 Å². The molecule has 0 spiro atoms. The first-order chi connectivity index (χ1) is 6.58. The summed E-state index contributed by atoms with van der Waals surface area (Å²) >= 11 is 7.37. The average Bonchev–Trinajstić information content (AvgIpc) is 2.47. The molecule has 1 rings (SSSR count). The minimum Gasteiger partial charge on any atom is -0.370 e. The minimum absolute atomic E-state index is 0.105. The summed E-state index contributed by atoms with van der Waals surface area (Å²) in [6.45, 7) is 2.66. The Morgan fingerprint density at radius 3 is 3.00 bits per heavy atom. The lowest BCUT2D eigenvalue weighted by Crippen LogP contribution is -2.30. The number of halogens is 1. The fourth-order valence-corrected chi connectivity index (χ4v) is 2.12. The maximum Gasteiger partial charge on any atom is 0.218 e. The fraction of sp³-hybridized carbons (Fsp3) is 0.444. The van der Waals surface area contributed by atoms with Crippen LogP contribution in [-0.4, -0.2) is 11.9 Å². The molecule has 0 saturated heterocycles. The number of hydrogen-bond acceptors (Lipinski definition) is 3. The molecule has 0 aliphatic carbocycles. The predicted octanol–water partition coefficient (Wildman–Crippen LogP) is 1.75. The van der Waals surface area contributed by atoms with Crippen molar-refractivity contribution in [2.45, 2.75) is 25.9 Å². The van der Waals surface area contributed by atoms with Gasteiger partial charge in [0.25, 0.3) is 0 Å². The van der Waals surface area contributed by atoms with Gasteiger partial charge in [-0.15, -0.1) is 11.3 Å². The molecular formula is C9H13ClN2OS. The van der Waals surface area contributed by atoms with Crippen molar-refractivity contribution in [2.24, 2.45) is 5.73 Å². The van der Waals surface area contributed by atoms with Gasteiger partial charge in [0.2, 0.25) is 5.91 Å². The summed E-state index contributed by atoms with van der Waals surface area (Å²) in [6.07, 6.45) is 0.360. The molecule has 3 nitrogen and oxygen atoms in total. The summed E-state index contributed by atoms with van der Waals surface area (Å²) in [5.74, 6) is -0.283. The highest BCUT2D eigenvalue weighted by molar-refractivity contribution is 7.10. The van der Waals surface area contributed by atoms with Crippen molar-refractivity contribution in [3.8, 4) is 0 Å². The van der Waals surface area contributed by atoms with Crippen LogP contribution >= 0.6 is 22.9 Å². The highest BCUT2D eigenvalue weighted by Crippen LogP contribution is 2.18. The molecule has 0 bridgehead atoms. The van der Waals surface area contributed by atoms with E-state index in [4.69, 9.17) is 17.3 Å². The molecule has 14 heavy (non-hydrogen) atoms. The Morgan fingerprint density at radius 1 is 1.79 bits per heavy atom. The van der Waals surface area contributed by atoms with E-state index in [2.05, 4.69) is 5.32 Å². The first-order valence-corrected chi connectivity index (χ1v) is 5.58. The summed E-state index contributed by atoms with van der Waals surface area (Å²) in [6, 6.07) is 2.02. The van der Waals surface area contributed by atoms with Gasteiger partial charge < -0.3 is 11.1 Å². The van der Waals surface area contributed by atoms with Gasteiger partial charge in [0, 0.05) is 29.3 Å². The molecule has 1 aromatic rings. The lowest BCUT2D eigenvalue weighted by atomic mass is 10.2. The monoisotopic (exact) mass is 232 g/mol. The van der Waals surface area contributed by atoms with Gasteiger partial charge >= 0.3 is 0 Å². The number of thiophene rings is 1. The standard InChI is InChI=1S/C9H13ClN2OS/c1-6(2-9(11)13)12-4-8-3-7(10)5-14-8/h3,5-6,12H,2,4H2,1H3,(H2,11,13). The van der Waals surface area contributed by atoms with Gasteiger partial charge in [0.1, 0.15) is 0 Å². The number of rotatable bonds is 5. The third kappa shape index (κ3) is 4.09. The molecule has 1 amide bonds. The summed E-state index contributed by atoms with van der Waals surface area (Å²) in [4.78, 5) is 11.7. The van der Waals surface area contributed by atoms with E-state index in [9.17, 15) is 4.79 Å². The molecular weight excluding hydrogens is 220 g/mol. The fourth-order valence-electron chi connectivity index (χ4n) is 1.10. The van der Waals surface area contributed by atoms with E-state index in [1.165, 1.54) is 0 Å². The Balaban J connectivity index is 2.30. The molecule has 1 unspecified atom stereocenters. The first kappa shape index (κ1) is 11.5. The second-order valence-corrected chi connectivity index (χ2v) is 4.62. The van der Waals surface area contributed by atoms with E-state index in [-0.39, 0.29) is 11.9 Å². The van der Waals surface area contributed by atoms with E-state index in [0.29, 0.717) is 6.42 Å². The van der Waals surface area contributed by atoms with Crippen molar-refractivity contribution in [3.05, 3.63) is 21.3 Å². The lowest BCUT2D eigenvalue weighted by Gasteiger charge is -2.10. The minimum atomic E-state index is -0.283. The number of primary amides is 1. The van der Waals surface area contributed by atoms with Gasteiger partial charge in [-0.05, 0) is 13.0 Å². The maximum atomic E-state index is 10.6. The Bertz CT molecular complexity index is 314. The number of carbonyl (C=O) groups excluding carboxylic acids is 1. The molecule has 78 valence electrons. The summed E-state index contributed by atoms with van der Waals surface area (Å²) in [5.41, 5.74) is 5.07. The van der Waals surface area contributed by atoms with Gasteiger partial charge in [0.15, 0.2) is 0 Å². The summed E-state index contributed by atoms with van der Waals surface area (Å²) in [5, 5.41) is 5.84. The third-order valence-corrected chi connectivity index (χ3v) is 3.04. The maximum absolute atomic E-state index is 10.6. The molecule has 0 fully saturated rings. The molecule has 0 aliphatic heterocycles. The second-order valence-electron chi connectivity index (χ2n) is 3.18. The SMILES string of the molecule is CC(CC(N)=O)NCc1cc(Cl)cs1. The lowest BCUT2D eigenvalue weighted by molar-refractivity contribution is -0.118. The van der Waals surface area contributed by atoms with E-state index in [0.717, 1.165) is 16.4 Å². The number of nitrogens with two attached hydrogens (primary N) is 1. The molecule has 1 atom stereocenters. The van der Waals surface area contributed by atoms with E-state index in [1.54, 1.807) is 11.3 Å². The first-order valence-electron chi connectivity index (χ1n) is 4.32. The van der Waals surface area contributed by atoms with Gasteiger partial charge in [-0.25, -0.2) is 0 Å². The van der Waals surface area contributed by atoms with Gasteiger partial charge in [-0.2, -0.15) is 0 Å². The summed E-state index contributed by atoms with van der Waals surface area (Å²) in [7, 11) is 0. The van der Waals surface area contributed by atoms with Crippen molar-refractivity contribution >= 4 is 28.8 Å². The molecule has 3 N–H and O–H groups in total. The highest BCUT2D eigenvalue weighted by Gasteiger charge is 2.05.